The minimum absolute atomic E-state index is 0.0371. The van der Waals surface area contributed by atoms with Crippen molar-refractivity contribution in [1.82, 2.24) is 10.1 Å². The van der Waals surface area contributed by atoms with Gasteiger partial charge in [-0.1, -0.05) is 17.3 Å². The Morgan fingerprint density at radius 3 is 2.86 bits per heavy atom. The van der Waals surface area contributed by atoms with Crippen LogP contribution in [0.3, 0.4) is 0 Å². The maximum Gasteiger partial charge on any atom is 0.348 e. The van der Waals surface area contributed by atoms with Crippen molar-refractivity contribution in [3.05, 3.63) is 69.4 Å². The Morgan fingerprint density at radius 1 is 1.24 bits per heavy atom. The van der Waals surface area contributed by atoms with E-state index in [0.717, 1.165) is 4.70 Å². The van der Waals surface area contributed by atoms with Gasteiger partial charge in [0, 0.05) is 22.2 Å². The molecule has 0 aliphatic heterocycles. The Labute approximate surface area is 167 Å². The monoisotopic (exact) mass is 411 g/mol. The lowest BCUT2D eigenvalue weighted by Crippen LogP contribution is -2.03. The molecule has 2 aromatic carbocycles. The Kier molecular flexibility index (Phi) is 4.92. The van der Waals surface area contributed by atoms with Gasteiger partial charge in [-0.15, -0.1) is 11.3 Å². The number of methoxy groups -OCH3 is 1. The number of rotatable bonds is 6. The number of fused-ring (bicyclic) bond motifs is 1. The molecule has 4 rings (SSSR count). The van der Waals surface area contributed by atoms with Gasteiger partial charge in [0.1, 0.15) is 10.6 Å². The zero-order chi connectivity index (χ0) is 20.4. The van der Waals surface area contributed by atoms with E-state index in [9.17, 15) is 14.9 Å². The van der Waals surface area contributed by atoms with Gasteiger partial charge in [0.05, 0.1) is 17.6 Å². The van der Waals surface area contributed by atoms with E-state index in [1.165, 1.54) is 23.5 Å². The second-order valence-electron chi connectivity index (χ2n) is 5.88. The average Bonchev–Trinajstić information content (AvgIpc) is 3.38. The maximum atomic E-state index is 12.3. The second-order valence-corrected chi connectivity index (χ2v) is 6.96. The van der Waals surface area contributed by atoms with Crippen LogP contribution in [0.4, 0.5) is 5.69 Å². The smallest absolute Gasteiger partial charge is 0.348 e. The molecule has 9 nitrogen and oxygen atoms in total. The molecule has 0 aliphatic rings. The standard InChI is InChI=1S/C19H13N3O6S/c1-26-14-5-3-2-4-13(14)18-20-17(28-21-18)10-27-19(23)16-9-11-8-12(22(24)25)6-7-15(11)29-16/h2-9H,10H2,1H3. The van der Waals surface area contributed by atoms with Crippen molar-refractivity contribution in [3.63, 3.8) is 0 Å². The molecule has 2 heterocycles. The van der Waals surface area contributed by atoms with Crippen LogP contribution in [0.2, 0.25) is 0 Å². The lowest BCUT2D eigenvalue weighted by atomic mass is 10.2. The van der Waals surface area contributed by atoms with Gasteiger partial charge in [0.2, 0.25) is 5.82 Å². The number of nitrogens with zero attached hydrogens (tertiary/aromatic N) is 3. The van der Waals surface area contributed by atoms with Crippen LogP contribution in [-0.2, 0) is 11.3 Å². The summed E-state index contributed by atoms with van der Waals surface area (Å²) in [5.41, 5.74) is 0.618. The highest BCUT2D eigenvalue weighted by molar-refractivity contribution is 7.20. The number of carbonyl (C=O) groups excluding carboxylic acids is 1. The van der Waals surface area contributed by atoms with E-state index in [4.69, 9.17) is 14.0 Å². The first-order valence-corrected chi connectivity index (χ1v) is 9.18. The Hall–Kier alpha value is -3.79. The number of benzene rings is 2. The van der Waals surface area contributed by atoms with Crippen molar-refractivity contribution in [3.8, 4) is 17.1 Å². The van der Waals surface area contributed by atoms with Crippen LogP contribution in [0, 0.1) is 10.1 Å². The van der Waals surface area contributed by atoms with Gasteiger partial charge in [-0.25, -0.2) is 4.79 Å². The van der Waals surface area contributed by atoms with Crippen molar-refractivity contribution in [1.29, 1.82) is 0 Å². The largest absolute Gasteiger partial charge is 0.496 e. The van der Waals surface area contributed by atoms with Crippen LogP contribution < -0.4 is 4.74 Å². The van der Waals surface area contributed by atoms with Crippen LogP contribution in [0.15, 0.2) is 53.1 Å². The summed E-state index contributed by atoms with van der Waals surface area (Å²) >= 11 is 1.19. The molecular weight excluding hydrogens is 398 g/mol. The van der Waals surface area contributed by atoms with Gasteiger partial charge in [-0.3, -0.25) is 10.1 Å². The Morgan fingerprint density at radius 2 is 2.07 bits per heavy atom. The highest BCUT2D eigenvalue weighted by atomic mass is 32.1. The SMILES string of the molecule is COc1ccccc1-c1noc(COC(=O)c2cc3cc([N+](=O)[O-])ccc3s2)n1. The van der Waals surface area contributed by atoms with E-state index in [0.29, 0.717) is 27.4 Å². The third-order valence-electron chi connectivity index (χ3n) is 4.05. The minimum atomic E-state index is -0.578. The molecule has 0 saturated heterocycles. The molecule has 0 bridgehead atoms. The fourth-order valence-electron chi connectivity index (χ4n) is 2.70. The summed E-state index contributed by atoms with van der Waals surface area (Å²) in [5, 5.41) is 15.4. The van der Waals surface area contributed by atoms with Crippen LogP contribution in [-0.4, -0.2) is 28.1 Å². The summed E-state index contributed by atoms with van der Waals surface area (Å²) in [6.45, 7) is -0.199. The molecule has 0 radical (unpaired) electrons. The summed E-state index contributed by atoms with van der Waals surface area (Å²) in [7, 11) is 1.54. The van der Waals surface area contributed by atoms with E-state index >= 15 is 0 Å². The fourth-order valence-corrected chi connectivity index (χ4v) is 3.63. The number of nitro benzene ring substituents is 1. The number of esters is 1. The minimum Gasteiger partial charge on any atom is -0.496 e. The number of hydrogen-bond donors (Lipinski definition) is 0. The third-order valence-corrected chi connectivity index (χ3v) is 5.15. The number of non-ortho nitro benzene ring substituents is 1. The summed E-state index contributed by atoms with van der Waals surface area (Å²) < 4.78 is 16.4. The molecule has 10 heteroatoms. The quantitative estimate of drug-likeness (QED) is 0.263. The van der Waals surface area contributed by atoms with E-state index in [1.54, 1.807) is 31.4 Å². The van der Waals surface area contributed by atoms with Crippen molar-refractivity contribution in [2.75, 3.05) is 7.11 Å². The fraction of sp³-hybridized carbons (Fsp3) is 0.105. The zero-order valence-corrected chi connectivity index (χ0v) is 15.8. The summed E-state index contributed by atoms with van der Waals surface area (Å²) in [4.78, 5) is 27.3. The van der Waals surface area contributed by atoms with Crippen molar-refractivity contribution in [2.45, 2.75) is 6.61 Å². The van der Waals surface area contributed by atoms with E-state index in [2.05, 4.69) is 10.1 Å². The normalized spacial score (nSPS) is 10.8. The van der Waals surface area contributed by atoms with Gasteiger partial charge in [-0.05, 0) is 24.3 Å². The molecule has 0 aliphatic carbocycles. The van der Waals surface area contributed by atoms with Gasteiger partial charge in [-0.2, -0.15) is 4.98 Å². The van der Waals surface area contributed by atoms with Crippen LogP contribution in [0.25, 0.3) is 21.5 Å². The van der Waals surface area contributed by atoms with Gasteiger partial charge >= 0.3 is 5.97 Å². The molecule has 4 aromatic rings. The first-order chi connectivity index (χ1) is 14.0. The van der Waals surface area contributed by atoms with Crippen LogP contribution in [0.1, 0.15) is 15.6 Å². The molecule has 0 spiro atoms. The molecule has 0 saturated carbocycles. The topological polar surface area (TPSA) is 118 Å². The number of ether oxygens (including phenoxy) is 2. The average molecular weight is 411 g/mol. The molecule has 0 atom stereocenters. The number of thiophene rings is 1. The first-order valence-electron chi connectivity index (χ1n) is 8.36. The van der Waals surface area contributed by atoms with Crippen molar-refractivity contribution in [2.24, 2.45) is 0 Å². The summed E-state index contributed by atoms with van der Waals surface area (Å²) in [6.07, 6.45) is 0. The van der Waals surface area contributed by atoms with E-state index in [-0.39, 0.29) is 18.2 Å². The van der Waals surface area contributed by atoms with Gasteiger partial charge in [0.25, 0.3) is 11.6 Å². The number of aromatic nitrogens is 2. The number of nitro groups is 1. The van der Waals surface area contributed by atoms with E-state index in [1.807, 2.05) is 12.1 Å². The number of carbonyl (C=O) groups is 1. The van der Waals surface area contributed by atoms with E-state index < -0.39 is 10.9 Å². The molecular formula is C19H13N3O6S. The van der Waals surface area contributed by atoms with Crippen molar-refractivity contribution >= 4 is 33.1 Å². The highest BCUT2D eigenvalue weighted by Crippen LogP contribution is 2.30. The molecule has 0 unspecified atom stereocenters. The number of hydrogen-bond acceptors (Lipinski definition) is 9. The first kappa shape index (κ1) is 18.6. The molecule has 146 valence electrons. The zero-order valence-electron chi connectivity index (χ0n) is 15.0. The van der Waals surface area contributed by atoms with Gasteiger partial charge in [0.15, 0.2) is 6.61 Å². The lowest BCUT2D eigenvalue weighted by Gasteiger charge is -2.03. The molecule has 0 amide bonds. The Bertz CT molecular complexity index is 1220. The number of para-hydroxylation sites is 1. The maximum absolute atomic E-state index is 12.3. The summed E-state index contributed by atoms with van der Waals surface area (Å²) in [6, 6.07) is 13.2. The lowest BCUT2D eigenvalue weighted by molar-refractivity contribution is -0.384. The third kappa shape index (κ3) is 3.78. The van der Waals surface area contributed by atoms with Crippen LogP contribution >= 0.6 is 11.3 Å². The molecule has 29 heavy (non-hydrogen) atoms. The van der Waals surface area contributed by atoms with Crippen LogP contribution in [0.5, 0.6) is 5.75 Å². The molecule has 0 fully saturated rings. The second kappa shape index (κ2) is 7.68. The predicted molar refractivity (Wildman–Crippen MR) is 104 cm³/mol. The Balaban J connectivity index is 1.47. The van der Waals surface area contributed by atoms with Crippen molar-refractivity contribution < 1.29 is 23.7 Å². The van der Waals surface area contributed by atoms with Gasteiger partial charge < -0.3 is 14.0 Å². The summed E-state index contributed by atoms with van der Waals surface area (Å²) in [5.74, 6) is 0.473. The highest BCUT2D eigenvalue weighted by Gasteiger charge is 2.17. The molecule has 0 N–H and O–H groups in total. The molecule has 2 aromatic heterocycles. The predicted octanol–water partition coefficient (Wildman–Crippen LogP) is 4.23.